The van der Waals surface area contributed by atoms with Gasteiger partial charge in [0.05, 0.1) is 19.8 Å². The van der Waals surface area contributed by atoms with Crippen molar-refractivity contribution in [1.29, 1.82) is 0 Å². The Morgan fingerprint density at radius 2 is 2.00 bits per heavy atom. The van der Waals surface area contributed by atoms with Gasteiger partial charge in [0.15, 0.2) is 0 Å². The molecule has 230 valence electrons. The molecule has 4 heterocycles. The molecule has 43 heavy (non-hydrogen) atoms. The number of carbonyl (C=O) groups is 2. The van der Waals surface area contributed by atoms with Crippen LogP contribution < -0.4 is 16.1 Å². The molecule has 1 amide bonds. The number of alkyl halides is 1. The van der Waals surface area contributed by atoms with Gasteiger partial charge in [-0.25, -0.2) is 23.2 Å². The molecule has 1 aromatic carbocycles. The number of ether oxygens (including phenoxy) is 1. The van der Waals surface area contributed by atoms with Gasteiger partial charge < -0.3 is 25.1 Å². The summed E-state index contributed by atoms with van der Waals surface area (Å²) in [6.45, 7) is 1.93. The lowest BCUT2D eigenvalue weighted by Gasteiger charge is -2.55. The quantitative estimate of drug-likeness (QED) is 0.353. The SMILES string of the molecule is CNc1c(F)cc(C2CC2)cc1F.O=CCN1C2=NC(C3=CCOCC3)NN2C(=O)C2=C1C[C@@H](F)[C@@]21CCNC2CCC21. The summed E-state index contributed by atoms with van der Waals surface area (Å²) in [6.07, 6.45) is 6.92. The van der Waals surface area contributed by atoms with Gasteiger partial charge in [-0.15, -0.1) is 0 Å². The number of hydrogen-bond donors (Lipinski definition) is 3. The van der Waals surface area contributed by atoms with E-state index in [-0.39, 0.29) is 42.7 Å². The summed E-state index contributed by atoms with van der Waals surface area (Å²) in [5.41, 5.74) is 5.51. The molecule has 3 unspecified atom stereocenters. The van der Waals surface area contributed by atoms with Gasteiger partial charge in [0.2, 0.25) is 5.96 Å². The zero-order chi connectivity index (χ0) is 29.9. The van der Waals surface area contributed by atoms with Gasteiger partial charge in [0.1, 0.15) is 35.9 Å². The summed E-state index contributed by atoms with van der Waals surface area (Å²) < 4.78 is 47.5. The lowest BCUT2D eigenvalue weighted by atomic mass is 9.55. The molecule has 2 saturated carbocycles. The maximum atomic E-state index is 15.7. The second-order valence-corrected chi connectivity index (χ2v) is 12.4. The number of guanidine groups is 1. The van der Waals surface area contributed by atoms with Crippen LogP contribution in [0.25, 0.3) is 0 Å². The predicted molar refractivity (Wildman–Crippen MR) is 153 cm³/mol. The number of hydrogen-bond acceptors (Lipinski definition) is 8. The third kappa shape index (κ3) is 4.60. The minimum Gasteiger partial charge on any atom is -0.383 e. The molecule has 4 aliphatic heterocycles. The van der Waals surface area contributed by atoms with Gasteiger partial charge in [-0.3, -0.25) is 4.79 Å². The molecule has 9 nitrogen and oxygen atoms in total. The first-order valence-electron chi connectivity index (χ1n) is 15.3. The van der Waals surface area contributed by atoms with E-state index in [2.05, 4.69) is 16.1 Å². The zero-order valence-corrected chi connectivity index (χ0v) is 24.2. The van der Waals surface area contributed by atoms with Gasteiger partial charge in [0.25, 0.3) is 5.91 Å². The van der Waals surface area contributed by atoms with E-state index >= 15 is 4.39 Å². The first-order valence-corrected chi connectivity index (χ1v) is 15.3. The highest BCUT2D eigenvalue weighted by Gasteiger charge is 2.64. The van der Waals surface area contributed by atoms with E-state index in [1.165, 1.54) is 24.2 Å². The molecule has 0 aromatic heterocycles. The van der Waals surface area contributed by atoms with E-state index in [0.717, 1.165) is 49.5 Å². The highest BCUT2D eigenvalue weighted by Crippen LogP contribution is 2.61. The summed E-state index contributed by atoms with van der Waals surface area (Å²) in [4.78, 5) is 31.8. The Balaban J connectivity index is 0.000000193. The van der Waals surface area contributed by atoms with E-state index in [1.807, 2.05) is 6.08 Å². The third-order valence-corrected chi connectivity index (χ3v) is 10.2. The normalized spacial score (nSPS) is 32.7. The van der Waals surface area contributed by atoms with Gasteiger partial charge >= 0.3 is 0 Å². The summed E-state index contributed by atoms with van der Waals surface area (Å²) in [7, 11) is 1.51. The maximum Gasteiger partial charge on any atom is 0.273 e. The van der Waals surface area contributed by atoms with E-state index in [9.17, 15) is 18.4 Å². The molecule has 0 radical (unpaired) electrons. The van der Waals surface area contributed by atoms with E-state index in [1.54, 1.807) is 4.90 Å². The van der Waals surface area contributed by atoms with E-state index < -0.39 is 23.2 Å². The Hall–Kier alpha value is -3.22. The van der Waals surface area contributed by atoms with Crippen LogP contribution in [0, 0.1) is 23.0 Å². The van der Waals surface area contributed by atoms with Gasteiger partial charge in [-0.1, -0.05) is 6.08 Å². The standard InChI is InChI=1S/C21H26FN5O3.C10H11F2N/c22-16-11-15-17(21(16)5-6-23-14-2-1-13(14)21)19(29)27-20(26(15)7-8-28)24-18(25-27)12-3-9-30-10-4-12;1-13-10-8(11)4-7(5-9(10)12)6-2-3-6/h3,8,13-14,16,18,23,25H,1-2,4-7,9-11H2;4-6,13H,2-3H2,1H3/t13?,14?,16-,18?,21+;/m1./s1. The molecule has 5 atom stereocenters. The molecular formula is C31H37F3N6O3. The van der Waals surface area contributed by atoms with Crippen LogP contribution in [0.3, 0.4) is 0 Å². The lowest BCUT2D eigenvalue weighted by molar-refractivity contribution is -0.130. The number of allylic oxidation sites excluding steroid dienone is 1. The number of aliphatic imine (C=N–C) groups is 1. The largest absolute Gasteiger partial charge is 0.383 e. The van der Waals surface area contributed by atoms with Gasteiger partial charge in [-0.2, -0.15) is 5.43 Å². The fraction of sp³-hybridized carbons (Fsp3) is 0.581. The van der Waals surface area contributed by atoms with Crippen molar-refractivity contribution in [1.82, 2.24) is 20.7 Å². The topological polar surface area (TPSA) is 98.3 Å². The number of halogens is 3. The first-order chi connectivity index (χ1) is 20.9. The van der Waals surface area contributed by atoms with Crippen LogP contribution >= 0.6 is 0 Å². The number of fused-ring (bicyclic) bond motifs is 4. The van der Waals surface area contributed by atoms with Crippen molar-refractivity contribution in [2.24, 2.45) is 16.3 Å². The predicted octanol–water partition coefficient (Wildman–Crippen LogP) is 3.51. The van der Waals surface area contributed by atoms with Gasteiger partial charge in [-0.05, 0) is 80.2 Å². The van der Waals surface area contributed by atoms with Crippen molar-refractivity contribution in [3.63, 3.8) is 0 Å². The zero-order valence-electron chi connectivity index (χ0n) is 24.2. The minimum absolute atomic E-state index is 0.0376. The van der Waals surface area contributed by atoms with Crippen LogP contribution in [-0.4, -0.2) is 79.8 Å². The highest BCUT2D eigenvalue weighted by atomic mass is 19.1. The summed E-state index contributed by atoms with van der Waals surface area (Å²) in [5.74, 6) is -0.269. The fourth-order valence-electron chi connectivity index (χ4n) is 7.82. The molecule has 1 aromatic rings. The Bertz CT molecular complexity index is 1400. The van der Waals surface area contributed by atoms with Crippen molar-refractivity contribution >= 4 is 23.8 Å². The maximum absolute atomic E-state index is 15.7. The second-order valence-electron chi connectivity index (χ2n) is 12.4. The number of anilines is 1. The first kappa shape index (κ1) is 28.5. The van der Waals surface area contributed by atoms with Crippen LogP contribution in [0.4, 0.5) is 18.9 Å². The Kier molecular flexibility index (Phi) is 7.33. The summed E-state index contributed by atoms with van der Waals surface area (Å²) in [5, 5.41) is 7.45. The molecule has 3 aliphatic carbocycles. The van der Waals surface area contributed by atoms with Crippen molar-refractivity contribution < 1.29 is 27.5 Å². The molecule has 7 aliphatic rings. The van der Waals surface area contributed by atoms with Crippen LogP contribution in [0.5, 0.6) is 0 Å². The molecule has 1 saturated heterocycles. The molecule has 1 spiro atoms. The third-order valence-electron chi connectivity index (χ3n) is 10.2. The number of piperidine rings is 1. The molecule has 0 bridgehead atoms. The number of benzene rings is 1. The number of nitrogens with zero attached hydrogens (tertiary/aromatic N) is 3. The van der Waals surface area contributed by atoms with Crippen molar-refractivity contribution in [2.75, 3.05) is 38.7 Å². The average molecular weight is 599 g/mol. The number of hydrazine groups is 1. The Labute approximate surface area is 248 Å². The minimum atomic E-state index is -1.11. The molecule has 3 N–H and O–H groups in total. The Morgan fingerprint density at radius 1 is 1.21 bits per heavy atom. The number of amides is 1. The number of carbonyl (C=O) groups excluding carboxylic acids is 2. The second kappa shape index (κ2) is 11.0. The van der Waals surface area contributed by atoms with Gasteiger partial charge in [0, 0.05) is 36.2 Å². The van der Waals surface area contributed by atoms with Crippen molar-refractivity contribution in [3.05, 3.63) is 52.2 Å². The fourth-order valence-corrected chi connectivity index (χ4v) is 7.82. The summed E-state index contributed by atoms with van der Waals surface area (Å²) in [6, 6.07) is 3.12. The molecule has 8 rings (SSSR count). The highest BCUT2D eigenvalue weighted by molar-refractivity contribution is 6.11. The number of rotatable bonds is 5. The number of nitrogens with one attached hydrogen (secondary N) is 3. The number of aldehydes is 1. The molecule has 12 heteroatoms. The smallest absolute Gasteiger partial charge is 0.273 e. The monoisotopic (exact) mass is 598 g/mol. The Morgan fingerprint density at radius 3 is 2.63 bits per heavy atom. The average Bonchev–Trinajstić information content (AvgIpc) is 3.68. The van der Waals surface area contributed by atoms with E-state index in [0.29, 0.717) is 49.3 Å². The van der Waals surface area contributed by atoms with Crippen LogP contribution in [0.1, 0.15) is 56.4 Å². The lowest BCUT2D eigenvalue weighted by Crippen LogP contribution is -2.63. The van der Waals surface area contributed by atoms with Crippen LogP contribution in [-0.2, 0) is 14.3 Å². The van der Waals surface area contributed by atoms with Crippen molar-refractivity contribution in [2.45, 2.75) is 69.2 Å². The molecule has 3 fully saturated rings. The molecular weight excluding hydrogens is 561 g/mol. The van der Waals surface area contributed by atoms with Crippen LogP contribution in [0.15, 0.2) is 40.0 Å². The van der Waals surface area contributed by atoms with Crippen molar-refractivity contribution in [3.8, 4) is 0 Å². The van der Waals surface area contributed by atoms with Crippen LogP contribution in [0.2, 0.25) is 0 Å². The van der Waals surface area contributed by atoms with E-state index in [4.69, 9.17) is 9.73 Å². The summed E-state index contributed by atoms with van der Waals surface area (Å²) >= 11 is 0.